The zero-order valence-corrected chi connectivity index (χ0v) is 24.9. The Morgan fingerprint density at radius 3 is 2.42 bits per heavy atom. The summed E-state index contributed by atoms with van der Waals surface area (Å²) in [6.45, 7) is 7.64. The lowest BCUT2D eigenvalue weighted by molar-refractivity contribution is 0.0685. The van der Waals surface area contributed by atoms with Crippen LogP contribution in [-0.2, 0) is 18.6 Å². The lowest BCUT2D eigenvalue weighted by Crippen LogP contribution is -2.31. The minimum atomic E-state index is -1.19. The molecule has 0 radical (unpaired) electrons. The molecular weight excluding hydrogens is 559 g/mol. The number of rotatable bonds is 10. The molecule has 0 amide bonds. The number of methoxy groups -OCH3 is 2. The van der Waals surface area contributed by atoms with Crippen LogP contribution in [0.25, 0.3) is 0 Å². The second-order valence-electron chi connectivity index (χ2n) is 11.7. The molecular formula is C31H35FN4O7. The van der Waals surface area contributed by atoms with Crippen LogP contribution >= 0.6 is 0 Å². The van der Waals surface area contributed by atoms with Gasteiger partial charge in [0.2, 0.25) is 0 Å². The second-order valence-corrected chi connectivity index (χ2v) is 11.7. The molecule has 0 unspecified atom stereocenters. The summed E-state index contributed by atoms with van der Waals surface area (Å²) in [7, 11) is 2.76. The molecule has 0 bridgehead atoms. The summed E-state index contributed by atoms with van der Waals surface area (Å²) in [6, 6.07) is 6.57. The SMILES string of the molecule is COc1cc2c(c(F)c1OC)C(=N)N(CC(=O)c1cc(N3CCCC3)c(OCc3cc(C(=O)O)no3)c(C(C)(C)C)c1)C2. The minimum Gasteiger partial charge on any atom is -0.493 e. The van der Waals surface area contributed by atoms with Gasteiger partial charge in [-0.25, -0.2) is 9.18 Å². The van der Waals surface area contributed by atoms with E-state index < -0.39 is 17.2 Å². The van der Waals surface area contributed by atoms with E-state index in [1.165, 1.54) is 25.2 Å². The highest BCUT2D eigenvalue weighted by molar-refractivity contribution is 6.06. The van der Waals surface area contributed by atoms with Gasteiger partial charge in [-0.15, -0.1) is 0 Å². The maximum Gasteiger partial charge on any atom is 0.358 e. The molecule has 0 atom stereocenters. The second kappa shape index (κ2) is 11.6. The van der Waals surface area contributed by atoms with Gasteiger partial charge in [0.25, 0.3) is 0 Å². The Labute approximate surface area is 248 Å². The number of ketones is 1. The number of halogens is 1. The molecule has 2 aromatic carbocycles. The highest BCUT2D eigenvalue weighted by atomic mass is 19.1. The van der Waals surface area contributed by atoms with E-state index in [0.29, 0.717) is 16.9 Å². The molecule has 3 heterocycles. The van der Waals surface area contributed by atoms with Crippen molar-refractivity contribution in [3.63, 3.8) is 0 Å². The number of Topliss-reactive ketones (excluding diaryl/α,β-unsaturated/α-hetero) is 1. The molecule has 0 spiro atoms. The van der Waals surface area contributed by atoms with Crippen LogP contribution < -0.4 is 19.1 Å². The zero-order chi connectivity index (χ0) is 31.1. The Bertz CT molecular complexity index is 1590. The van der Waals surface area contributed by atoms with Gasteiger partial charge < -0.3 is 33.6 Å². The predicted molar refractivity (Wildman–Crippen MR) is 155 cm³/mol. The fourth-order valence-electron chi connectivity index (χ4n) is 5.52. The van der Waals surface area contributed by atoms with Gasteiger partial charge in [-0.2, -0.15) is 0 Å². The number of carboxylic acid groups (broad SMARTS) is 1. The predicted octanol–water partition coefficient (Wildman–Crippen LogP) is 5.03. The molecule has 2 aliphatic rings. The molecule has 1 fully saturated rings. The van der Waals surface area contributed by atoms with Crippen LogP contribution in [0, 0.1) is 11.2 Å². The molecule has 11 nitrogen and oxygen atoms in total. The number of hydrogen-bond acceptors (Lipinski definition) is 9. The minimum absolute atomic E-state index is 0.0425. The van der Waals surface area contributed by atoms with Crippen LogP contribution in [0.15, 0.2) is 28.8 Å². The standard InChI is InChI=1S/C31H35FN4O7/c1-31(2,3)20-10-17(23(37)15-36-14-18-12-24(40-4)28(41-5)26(32)25(18)29(36)33)11-22(35-8-6-7-9-35)27(20)42-16-19-13-21(30(38)39)34-43-19/h10-13,33H,6-9,14-16H2,1-5H3,(H,38,39). The van der Waals surface area contributed by atoms with Gasteiger partial charge >= 0.3 is 5.97 Å². The number of carbonyl (C=O) groups excluding carboxylic acids is 1. The Kier molecular flexibility index (Phi) is 8.04. The first-order chi connectivity index (χ1) is 20.4. The lowest BCUT2D eigenvalue weighted by atomic mass is 9.84. The van der Waals surface area contributed by atoms with Gasteiger partial charge in [-0.05, 0) is 42.0 Å². The largest absolute Gasteiger partial charge is 0.493 e. The van der Waals surface area contributed by atoms with Crippen molar-refractivity contribution in [2.45, 2.75) is 52.2 Å². The van der Waals surface area contributed by atoms with E-state index >= 15 is 4.39 Å². The third-order valence-corrected chi connectivity index (χ3v) is 7.72. The smallest absolute Gasteiger partial charge is 0.358 e. The average Bonchev–Trinajstić information content (AvgIpc) is 3.72. The number of anilines is 1. The van der Waals surface area contributed by atoms with Crippen molar-refractivity contribution in [2.75, 3.05) is 38.8 Å². The van der Waals surface area contributed by atoms with Gasteiger partial charge in [-0.1, -0.05) is 25.9 Å². The number of amidine groups is 1. The lowest BCUT2D eigenvalue weighted by Gasteiger charge is -2.29. The first-order valence-electron chi connectivity index (χ1n) is 14.0. The summed E-state index contributed by atoms with van der Waals surface area (Å²) >= 11 is 0. The third-order valence-electron chi connectivity index (χ3n) is 7.72. The van der Waals surface area contributed by atoms with E-state index in [-0.39, 0.29) is 59.8 Å². The number of benzene rings is 2. The summed E-state index contributed by atoms with van der Waals surface area (Å²) in [6.07, 6.45) is 1.99. The third kappa shape index (κ3) is 5.73. The van der Waals surface area contributed by atoms with Crippen molar-refractivity contribution >= 4 is 23.3 Å². The molecule has 0 aliphatic carbocycles. The molecule has 5 rings (SSSR count). The van der Waals surface area contributed by atoms with Crippen LogP contribution in [0.5, 0.6) is 17.2 Å². The first kappa shape index (κ1) is 29.9. The Balaban J connectivity index is 1.47. The van der Waals surface area contributed by atoms with Crippen molar-refractivity contribution in [3.8, 4) is 17.2 Å². The van der Waals surface area contributed by atoms with Crippen LogP contribution in [0.3, 0.4) is 0 Å². The molecule has 0 saturated carbocycles. The zero-order valence-electron chi connectivity index (χ0n) is 24.9. The number of ether oxygens (including phenoxy) is 3. The van der Waals surface area contributed by atoms with Gasteiger partial charge in [0.1, 0.15) is 18.2 Å². The molecule has 12 heteroatoms. The monoisotopic (exact) mass is 594 g/mol. The Hall–Kier alpha value is -4.61. The van der Waals surface area contributed by atoms with E-state index in [9.17, 15) is 14.7 Å². The van der Waals surface area contributed by atoms with Crippen molar-refractivity contribution in [2.24, 2.45) is 0 Å². The number of carboxylic acids is 1. The number of aromatic carboxylic acids is 1. The van der Waals surface area contributed by atoms with E-state index in [1.54, 1.807) is 18.2 Å². The van der Waals surface area contributed by atoms with Crippen molar-refractivity contribution in [1.82, 2.24) is 10.1 Å². The number of aromatic nitrogens is 1. The summed E-state index contributed by atoms with van der Waals surface area (Å²) in [5, 5.41) is 21.4. The number of hydrogen-bond donors (Lipinski definition) is 2. The van der Waals surface area contributed by atoms with E-state index in [2.05, 4.69) is 10.1 Å². The number of nitrogens with zero attached hydrogens (tertiary/aromatic N) is 3. The van der Waals surface area contributed by atoms with Crippen LogP contribution in [0.2, 0.25) is 0 Å². The van der Waals surface area contributed by atoms with Gasteiger partial charge in [0, 0.05) is 36.8 Å². The Morgan fingerprint density at radius 1 is 1.09 bits per heavy atom. The molecule has 2 N–H and O–H groups in total. The normalized spacial score (nSPS) is 14.7. The van der Waals surface area contributed by atoms with E-state index in [1.807, 2.05) is 20.8 Å². The Morgan fingerprint density at radius 2 is 1.81 bits per heavy atom. The summed E-state index contributed by atoms with van der Waals surface area (Å²) < 4.78 is 37.2. The number of fused-ring (bicyclic) bond motifs is 1. The molecule has 3 aromatic rings. The summed E-state index contributed by atoms with van der Waals surface area (Å²) in [4.78, 5) is 28.8. The van der Waals surface area contributed by atoms with E-state index in [4.69, 9.17) is 24.1 Å². The van der Waals surface area contributed by atoms with Crippen LogP contribution in [0.4, 0.5) is 10.1 Å². The maximum absolute atomic E-state index is 15.3. The van der Waals surface area contributed by atoms with Crippen molar-refractivity contribution in [1.29, 1.82) is 5.41 Å². The fraction of sp³-hybridized carbons (Fsp3) is 0.419. The highest BCUT2D eigenvalue weighted by Crippen LogP contribution is 2.43. The van der Waals surface area contributed by atoms with E-state index in [0.717, 1.165) is 37.2 Å². The molecule has 228 valence electrons. The van der Waals surface area contributed by atoms with Gasteiger partial charge in [0.15, 0.2) is 34.6 Å². The molecule has 43 heavy (non-hydrogen) atoms. The topological polar surface area (TPSA) is 138 Å². The first-order valence-corrected chi connectivity index (χ1v) is 14.0. The summed E-state index contributed by atoms with van der Waals surface area (Å²) in [5.41, 5.74) is 2.00. The van der Waals surface area contributed by atoms with Crippen molar-refractivity contribution in [3.05, 3.63) is 63.8 Å². The van der Waals surface area contributed by atoms with Crippen LogP contribution in [-0.4, -0.2) is 66.6 Å². The fourth-order valence-corrected chi connectivity index (χ4v) is 5.52. The van der Waals surface area contributed by atoms with Gasteiger partial charge in [0.05, 0.1) is 32.0 Å². The summed E-state index contributed by atoms with van der Waals surface area (Å²) in [5.74, 6) is -1.21. The maximum atomic E-state index is 15.3. The number of carbonyl (C=O) groups is 2. The van der Waals surface area contributed by atoms with Crippen LogP contribution in [0.1, 0.15) is 76.9 Å². The molecule has 2 aliphatic heterocycles. The average molecular weight is 595 g/mol. The molecule has 1 aromatic heterocycles. The number of nitrogens with one attached hydrogen (secondary N) is 1. The van der Waals surface area contributed by atoms with Gasteiger partial charge in [-0.3, -0.25) is 10.2 Å². The highest BCUT2D eigenvalue weighted by Gasteiger charge is 2.34. The molecule has 1 saturated heterocycles. The quantitative estimate of drug-likeness (QED) is 0.307. The van der Waals surface area contributed by atoms with Crippen molar-refractivity contribution < 1.29 is 37.8 Å².